The summed E-state index contributed by atoms with van der Waals surface area (Å²) in [4.78, 5) is 6.92. The molecule has 17 heavy (non-hydrogen) atoms. The summed E-state index contributed by atoms with van der Waals surface area (Å²) in [7, 11) is 2.20. The van der Waals surface area contributed by atoms with Crippen LogP contribution in [0, 0.1) is 0 Å². The maximum Gasteiger partial charge on any atom is 0.126 e. The molecule has 1 fully saturated rings. The van der Waals surface area contributed by atoms with E-state index < -0.39 is 0 Å². The lowest BCUT2D eigenvalue weighted by atomic mass is 10.1. The monoisotopic (exact) mass is 233 g/mol. The van der Waals surface area contributed by atoms with E-state index in [1.807, 2.05) is 6.20 Å². The van der Waals surface area contributed by atoms with Crippen LogP contribution in [0.1, 0.15) is 44.7 Å². The van der Waals surface area contributed by atoms with Crippen LogP contribution in [0.15, 0.2) is 18.3 Å². The minimum Gasteiger partial charge on any atom is -0.368 e. The minimum absolute atomic E-state index is 0.488. The summed E-state index contributed by atoms with van der Waals surface area (Å²) in [5.41, 5.74) is 1.35. The first-order valence-corrected chi connectivity index (χ1v) is 6.63. The number of nitrogens with zero attached hydrogens (tertiary/aromatic N) is 2. The number of aromatic nitrogens is 1. The zero-order valence-corrected chi connectivity index (χ0v) is 11.1. The van der Waals surface area contributed by atoms with Gasteiger partial charge < -0.3 is 5.32 Å². The van der Waals surface area contributed by atoms with Crippen LogP contribution in [0.4, 0.5) is 5.82 Å². The number of pyridine rings is 1. The van der Waals surface area contributed by atoms with E-state index in [0.29, 0.717) is 12.1 Å². The Morgan fingerprint density at radius 2 is 2.35 bits per heavy atom. The topological polar surface area (TPSA) is 28.2 Å². The molecule has 0 spiro atoms. The van der Waals surface area contributed by atoms with Crippen molar-refractivity contribution in [2.24, 2.45) is 0 Å². The fourth-order valence-corrected chi connectivity index (χ4v) is 2.37. The van der Waals surface area contributed by atoms with Gasteiger partial charge in [0.2, 0.25) is 0 Å². The Balaban J connectivity index is 2.02. The second kappa shape index (κ2) is 5.50. The van der Waals surface area contributed by atoms with Crippen LogP contribution in [-0.4, -0.2) is 29.5 Å². The lowest BCUT2D eigenvalue weighted by molar-refractivity contribution is 0.317. The molecule has 0 saturated carbocycles. The third kappa shape index (κ3) is 2.97. The fraction of sp³-hybridized carbons (Fsp3) is 0.643. The first kappa shape index (κ1) is 12.4. The standard InChI is InChI=1S/C14H23N3/c1-4-11(2)16-14-8-7-12(10-15-14)13-6-5-9-17(13)3/h7-8,10-11,13H,4-6,9H2,1-3H3,(H,15,16). The van der Waals surface area contributed by atoms with Gasteiger partial charge in [0.05, 0.1) is 0 Å². The van der Waals surface area contributed by atoms with Crippen LogP contribution in [0.5, 0.6) is 0 Å². The average Bonchev–Trinajstić information content (AvgIpc) is 2.76. The number of hydrogen-bond acceptors (Lipinski definition) is 3. The molecule has 0 amide bonds. The molecule has 1 aliphatic heterocycles. The van der Waals surface area contributed by atoms with Crippen LogP contribution >= 0.6 is 0 Å². The second-order valence-electron chi connectivity index (χ2n) is 5.07. The maximum atomic E-state index is 4.51. The molecule has 2 atom stereocenters. The summed E-state index contributed by atoms with van der Waals surface area (Å²) >= 11 is 0. The molecule has 1 N–H and O–H groups in total. The van der Waals surface area contributed by atoms with Crippen molar-refractivity contribution in [1.82, 2.24) is 9.88 Å². The third-order valence-electron chi connectivity index (χ3n) is 3.70. The molecule has 0 radical (unpaired) electrons. The number of hydrogen-bond donors (Lipinski definition) is 1. The molecule has 94 valence electrons. The van der Waals surface area contributed by atoms with Crippen molar-refractivity contribution < 1.29 is 0 Å². The van der Waals surface area contributed by atoms with Gasteiger partial charge in [-0.3, -0.25) is 4.90 Å². The molecule has 0 aliphatic carbocycles. The number of anilines is 1. The second-order valence-corrected chi connectivity index (χ2v) is 5.07. The summed E-state index contributed by atoms with van der Waals surface area (Å²) in [5, 5.41) is 3.40. The van der Waals surface area contributed by atoms with Crippen LogP contribution < -0.4 is 5.32 Å². The Labute approximate surface area is 104 Å². The predicted molar refractivity (Wildman–Crippen MR) is 72.2 cm³/mol. The molecular formula is C14H23N3. The largest absolute Gasteiger partial charge is 0.368 e. The molecule has 0 bridgehead atoms. The molecule has 2 unspecified atom stereocenters. The smallest absolute Gasteiger partial charge is 0.126 e. The highest BCUT2D eigenvalue weighted by Gasteiger charge is 2.22. The Hall–Kier alpha value is -1.09. The Bertz CT molecular complexity index is 347. The lowest BCUT2D eigenvalue weighted by Gasteiger charge is -2.20. The molecular weight excluding hydrogens is 210 g/mol. The lowest BCUT2D eigenvalue weighted by Crippen LogP contribution is -2.18. The molecule has 2 rings (SSSR count). The first-order valence-electron chi connectivity index (χ1n) is 6.63. The fourth-order valence-electron chi connectivity index (χ4n) is 2.37. The SMILES string of the molecule is CCC(C)Nc1ccc(C2CCCN2C)cn1. The zero-order chi connectivity index (χ0) is 12.3. The quantitative estimate of drug-likeness (QED) is 0.866. The van der Waals surface area contributed by atoms with Gasteiger partial charge in [0, 0.05) is 18.3 Å². The van der Waals surface area contributed by atoms with Crippen LogP contribution in [-0.2, 0) is 0 Å². The van der Waals surface area contributed by atoms with Crippen molar-refractivity contribution in [2.45, 2.75) is 45.2 Å². The molecule has 1 aliphatic rings. The van der Waals surface area contributed by atoms with Gasteiger partial charge in [-0.2, -0.15) is 0 Å². The summed E-state index contributed by atoms with van der Waals surface area (Å²) in [6.45, 7) is 5.57. The van der Waals surface area contributed by atoms with Crippen LogP contribution in [0.3, 0.4) is 0 Å². The van der Waals surface area contributed by atoms with Crippen molar-refractivity contribution in [3.05, 3.63) is 23.9 Å². The number of rotatable bonds is 4. The van der Waals surface area contributed by atoms with E-state index in [0.717, 1.165) is 12.2 Å². The van der Waals surface area contributed by atoms with E-state index in [1.54, 1.807) is 0 Å². The van der Waals surface area contributed by atoms with Crippen LogP contribution in [0.25, 0.3) is 0 Å². The molecule has 1 aromatic rings. The Kier molecular flexibility index (Phi) is 4.00. The van der Waals surface area contributed by atoms with Gasteiger partial charge in [-0.15, -0.1) is 0 Å². The van der Waals surface area contributed by atoms with Gasteiger partial charge in [-0.1, -0.05) is 13.0 Å². The zero-order valence-electron chi connectivity index (χ0n) is 11.1. The Morgan fingerprint density at radius 3 is 2.88 bits per heavy atom. The van der Waals surface area contributed by atoms with Gasteiger partial charge in [0.1, 0.15) is 5.82 Å². The van der Waals surface area contributed by atoms with Crippen molar-refractivity contribution >= 4 is 5.82 Å². The predicted octanol–water partition coefficient (Wildman–Crippen LogP) is 3.06. The van der Waals surface area contributed by atoms with E-state index in [1.165, 1.54) is 24.9 Å². The maximum absolute atomic E-state index is 4.51. The van der Waals surface area contributed by atoms with Crippen molar-refractivity contribution in [2.75, 3.05) is 18.9 Å². The normalized spacial score (nSPS) is 22.6. The van der Waals surface area contributed by atoms with E-state index in [4.69, 9.17) is 0 Å². The van der Waals surface area contributed by atoms with Gasteiger partial charge in [0.25, 0.3) is 0 Å². The average molecular weight is 233 g/mol. The molecule has 1 aromatic heterocycles. The Morgan fingerprint density at radius 1 is 1.53 bits per heavy atom. The highest BCUT2D eigenvalue weighted by Crippen LogP contribution is 2.30. The van der Waals surface area contributed by atoms with E-state index >= 15 is 0 Å². The van der Waals surface area contributed by atoms with Crippen molar-refractivity contribution in [3.63, 3.8) is 0 Å². The van der Waals surface area contributed by atoms with E-state index in [9.17, 15) is 0 Å². The first-order chi connectivity index (χ1) is 8.20. The van der Waals surface area contributed by atoms with Gasteiger partial charge in [0.15, 0.2) is 0 Å². The van der Waals surface area contributed by atoms with E-state index in [2.05, 4.69) is 48.2 Å². The summed E-state index contributed by atoms with van der Waals surface area (Å²) < 4.78 is 0. The van der Waals surface area contributed by atoms with E-state index in [-0.39, 0.29) is 0 Å². The number of likely N-dealkylation sites (tertiary alicyclic amines) is 1. The van der Waals surface area contributed by atoms with Crippen LogP contribution in [0.2, 0.25) is 0 Å². The van der Waals surface area contributed by atoms with Crippen molar-refractivity contribution in [3.8, 4) is 0 Å². The number of nitrogens with one attached hydrogen (secondary N) is 1. The molecule has 2 heterocycles. The summed E-state index contributed by atoms with van der Waals surface area (Å²) in [6.07, 6.45) is 5.70. The summed E-state index contributed by atoms with van der Waals surface area (Å²) in [5.74, 6) is 0.990. The highest BCUT2D eigenvalue weighted by molar-refractivity contribution is 5.37. The van der Waals surface area contributed by atoms with Gasteiger partial charge in [-0.25, -0.2) is 4.98 Å². The minimum atomic E-state index is 0.488. The van der Waals surface area contributed by atoms with Gasteiger partial charge >= 0.3 is 0 Å². The van der Waals surface area contributed by atoms with Gasteiger partial charge in [-0.05, 0) is 51.4 Å². The molecule has 0 aromatic carbocycles. The molecule has 3 nitrogen and oxygen atoms in total. The van der Waals surface area contributed by atoms with Crippen molar-refractivity contribution in [1.29, 1.82) is 0 Å². The third-order valence-corrected chi connectivity index (χ3v) is 3.70. The molecule has 3 heteroatoms. The summed E-state index contributed by atoms with van der Waals surface area (Å²) in [6, 6.07) is 5.38. The highest BCUT2D eigenvalue weighted by atomic mass is 15.1. The molecule has 1 saturated heterocycles.